The lowest BCUT2D eigenvalue weighted by molar-refractivity contribution is -0.144. The molecule has 0 bridgehead atoms. The van der Waals surface area contributed by atoms with Crippen LogP contribution in [0.2, 0.25) is 0 Å². The minimum atomic E-state index is -5.90. The van der Waals surface area contributed by atoms with Crippen LogP contribution in [0.25, 0.3) is 0 Å². The van der Waals surface area contributed by atoms with E-state index in [9.17, 15) is 26.4 Å². The third-order valence-electron chi connectivity index (χ3n) is 1.54. The van der Waals surface area contributed by atoms with Crippen LogP contribution in [0.1, 0.15) is 6.42 Å². The lowest BCUT2D eigenvalue weighted by atomic mass is 10.3. The zero-order chi connectivity index (χ0) is 13.4. The van der Waals surface area contributed by atoms with E-state index in [0.717, 1.165) is 0 Å². The molecule has 10 N–H and O–H groups in total. The molecular formula is C4H12N2O10S2. The molecule has 12 nitrogen and oxygen atoms in total. The minimum Gasteiger partial charge on any atom is -0.481 e. The summed E-state index contributed by atoms with van der Waals surface area (Å²) in [4.78, 5) is 20.7. The fourth-order valence-corrected chi connectivity index (χ4v) is 2.93. The van der Waals surface area contributed by atoms with Gasteiger partial charge in [0.15, 0.2) is 0 Å². The number of carboxylic acids is 2. The van der Waals surface area contributed by atoms with E-state index >= 15 is 0 Å². The Morgan fingerprint density at radius 1 is 0.889 bits per heavy atom. The van der Waals surface area contributed by atoms with Gasteiger partial charge in [-0.3, -0.25) is 13.9 Å². The summed E-state index contributed by atoms with van der Waals surface area (Å²) in [6, 6.07) is 0. The molecule has 18 heavy (non-hydrogen) atoms. The van der Waals surface area contributed by atoms with Gasteiger partial charge in [0.25, 0.3) is 20.2 Å². The highest BCUT2D eigenvalue weighted by atomic mass is 32.3. The molecule has 0 amide bonds. The van der Waals surface area contributed by atoms with Crippen LogP contribution in [-0.4, -0.2) is 52.2 Å². The second-order valence-corrected chi connectivity index (χ2v) is 6.13. The van der Waals surface area contributed by atoms with Crippen molar-refractivity contribution in [2.75, 3.05) is 0 Å². The Morgan fingerprint density at radius 3 is 1.22 bits per heavy atom. The number of aliphatic carboxylic acids is 2. The first-order valence-corrected chi connectivity index (χ1v) is 6.13. The molecule has 0 radical (unpaired) electrons. The first kappa shape index (κ1) is 21.9. The first-order chi connectivity index (χ1) is 6.86. The first-order valence-electron chi connectivity index (χ1n) is 3.25. The molecule has 0 spiro atoms. The van der Waals surface area contributed by atoms with Gasteiger partial charge in [-0.05, 0) is 0 Å². The highest BCUT2D eigenvalue weighted by Crippen LogP contribution is 2.27. The average Bonchev–Trinajstić information content (AvgIpc) is 1.93. The predicted molar refractivity (Wildman–Crippen MR) is 55.8 cm³/mol. The van der Waals surface area contributed by atoms with Crippen molar-refractivity contribution >= 4 is 32.2 Å². The predicted octanol–water partition coefficient (Wildman–Crippen LogP) is -1.66. The highest BCUT2D eigenvalue weighted by Gasteiger charge is 2.63. The van der Waals surface area contributed by atoms with Gasteiger partial charge in [0.1, 0.15) is 0 Å². The van der Waals surface area contributed by atoms with Crippen LogP contribution >= 0.6 is 0 Å². The molecule has 0 aromatic heterocycles. The fourth-order valence-electron chi connectivity index (χ4n) is 0.811. The van der Waals surface area contributed by atoms with E-state index in [1.807, 2.05) is 0 Å². The summed E-state index contributed by atoms with van der Waals surface area (Å²) in [5, 5.41) is 16.6. The molecule has 14 heteroatoms. The molecule has 0 aliphatic carbocycles. The van der Waals surface area contributed by atoms with Crippen LogP contribution < -0.4 is 12.3 Å². The Labute approximate surface area is 101 Å². The molecule has 0 aromatic rings. The summed E-state index contributed by atoms with van der Waals surface area (Å²) in [5.41, 5.74) is 0. The van der Waals surface area contributed by atoms with E-state index in [4.69, 9.17) is 19.3 Å². The SMILES string of the molecule is N.N.O=C(O)CC(C(=O)O)(S(=O)(=O)O)S(=O)(=O)O. The standard InChI is InChI=1S/C4H6O10S2.2H3N/c5-2(6)1-4(3(7)8,15(9,10)11)16(12,13)14;;/h1H2,(H,5,6)(H,7,8)(H,9,10,11)(H,12,13,14);2*1H3. The van der Waals surface area contributed by atoms with Crippen LogP contribution in [0.4, 0.5) is 0 Å². The topological polar surface area (TPSA) is 253 Å². The Morgan fingerprint density at radius 2 is 1.17 bits per heavy atom. The van der Waals surface area contributed by atoms with Crippen molar-refractivity contribution in [3.8, 4) is 0 Å². The van der Waals surface area contributed by atoms with Gasteiger partial charge in [-0.15, -0.1) is 0 Å². The maximum Gasteiger partial charge on any atom is 0.346 e. The number of hydrogen-bond acceptors (Lipinski definition) is 8. The third kappa shape index (κ3) is 3.59. The van der Waals surface area contributed by atoms with Crippen LogP contribution in [0, 0.1) is 0 Å². The largest absolute Gasteiger partial charge is 0.481 e. The Hall–Kier alpha value is -1.32. The highest BCUT2D eigenvalue weighted by molar-refractivity contribution is 8.06. The summed E-state index contributed by atoms with van der Waals surface area (Å²) in [6.45, 7) is 0. The molecule has 0 rings (SSSR count). The second kappa shape index (κ2) is 6.03. The minimum absolute atomic E-state index is 0. The summed E-state index contributed by atoms with van der Waals surface area (Å²) in [5.74, 6) is -4.88. The Kier molecular flexibility index (Phi) is 7.34. The van der Waals surface area contributed by atoms with E-state index in [1.54, 1.807) is 0 Å². The van der Waals surface area contributed by atoms with Gasteiger partial charge in [-0.25, -0.2) is 4.79 Å². The number of carbonyl (C=O) groups is 2. The van der Waals surface area contributed by atoms with Crippen molar-refractivity contribution in [2.45, 2.75) is 10.5 Å². The molecule has 0 atom stereocenters. The van der Waals surface area contributed by atoms with Crippen molar-refractivity contribution in [1.82, 2.24) is 12.3 Å². The van der Waals surface area contributed by atoms with Gasteiger partial charge in [-0.2, -0.15) is 16.8 Å². The lowest BCUT2D eigenvalue weighted by Gasteiger charge is -2.20. The Bertz CT molecular complexity index is 486. The van der Waals surface area contributed by atoms with Crippen LogP contribution in [-0.2, 0) is 29.8 Å². The second-order valence-electron chi connectivity index (χ2n) is 2.58. The molecule has 0 saturated heterocycles. The van der Waals surface area contributed by atoms with Crippen LogP contribution in [0.15, 0.2) is 0 Å². The molecule has 0 heterocycles. The van der Waals surface area contributed by atoms with Crippen molar-refractivity contribution in [3.63, 3.8) is 0 Å². The molecule has 0 fully saturated rings. The molecular weight excluding hydrogens is 300 g/mol. The normalized spacial score (nSPS) is 11.9. The molecule has 0 aliphatic heterocycles. The smallest absolute Gasteiger partial charge is 0.346 e. The van der Waals surface area contributed by atoms with Gasteiger partial charge in [0, 0.05) is 0 Å². The maximum atomic E-state index is 10.6. The third-order valence-corrected chi connectivity index (χ3v) is 5.11. The Balaban J connectivity index is -0.00000112. The van der Waals surface area contributed by atoms with E-state index in [2.05, 4.69) is 0 Å². The van der Waals surface area contributed by atoms with Gasteiger partial charge < -0.3 is 22.5 Å². The van der Waals surface area contributed by atoms with E-state index in [0.29, 0.717) is 0 Å². The van der Waals surface area contributed by atoms with Crippen molar-refractivity contribution in [3.05, 3.63) is 0 Å². The monoisotopic (exact) mass is 312 g/mol. The molecule has 110 valence electrons. The van der Waals surface area contributed by atoms with Crippen molar-refractivity contribution in [2.24, 2.45) is 0 Å². The van der Waals surface area contributed by atoms with Gasteiger partial charge in [0.2, 0.25) is 0 Å². The van der Waals surface area contributed by atoms with Gasteiger partial charge >= 0.3 is 16.0 Å². The molecule has 0 saturated carbocycles. The van der Waals surface area contributed by atoms with Crippen LogP contribution in [0.3, 0.4) is 0 Å². The van der Waals surface area contributed by atoms with Crippen LogP contribution in [0.5, 0.6) is 0 Å². The van der Waals surface area contributed by atoms with E-state index < -0.39 is 42.7 Å². The summed E-state index contributed by atoms with van der Waals surface area (Å²) in [7, 11) is -11.8. The molecule has 0 aromatic carbocycles. The summed E-state index contributed by atoms with van der Waals surface area (Å²) in [6.07, 6.45) is -2.04. The fraction of sp³-hybridized carbons (Fsp3) is 0.500. The summed E-state index contributed by atoms with van der Waals surface area (Å²) < 4.78 is 55.3. The van der Waals surface area contributed by atoms with Crippen molar-refractivity contribution in [1.29, 1.82) is 0 Å². The zero-order valence-corrected chi connectivity index (χ0v) is 10.3. The van der Waals surface area contributed by atoms with Gasteiger partial charge in [0.05, 0.1) is 6.42 Å². The summed E-state index contributed by atoms with van der Waals surface area (Å²) >= 11 is 0. The quantitative estimate of drug-likeness (QED) is 0.312. The lowest BCUT2D eigenvalue weighted by Crippen LogP contribution is -2.54. The molecule has 0 aliphatic rings. The maximum absolute atomic E-state index is 10.6. The zero-order valence-electron chi connectivity index (χ0n) is 8.68. The van der Waals surface area contributed by atoms with E-state index in [1.165, 1.54) is 0 Å². The molecule has 0 unspecified atom stereocenters. The average molecular weight is 312 g/mol. The number of carboxylic acid groups (broad SMARTS) is 2. The van der Waals surface area contributed by atoms with E-state index in [-0.39, 0.29) is 12.3 Å². The van der Waals surface area contributed by atoms with Crippen molar-refractivity contribution < 1.29 is 45.7 Å². The number of rotatable bonds is 5. The number of hydrogen-bond donors (Lipinski definition) is 6. The van der Waals surface area contributed by atoms with Gasteiger partial charge in [-0.1, -0.05) is 0 Å².